The van der Waals surface area contributed by atoms with Crippen LogP contribution in [0.1, 0.15) is 54.3 Å². The minimum absolute atomic E-state index is 0.0419. The summed E-state index contributed by atoms with van der Waals surface area (Å²) in [7, 11) is 0. The average molecular weight is 279 g/mol. The van der Waals surface area contributed by atoms with E-state index in [0.29, 0.717) is 11.3 Å². The van der Waals surface area contributed by atoms with Crippen LogP contribution < -0.4 is 5.32 Å². The van der Waals surface area contributed by atoms with Gasteiger partial charge in [-0.05, 0) is 17.9 Å². The molecule has 1 aromatic rings. The van der Waals surface area contributed by atoms with E-state index in [1.165, 1.54) is 24.2 Å². The van der Waals surface area contributed by atoms with Crippen molar-refractivity contribution in [2.75, 3.05) is 13.2 Å². The number of carbonyl (C=O) groups is 1. The quantitative estimate of drug-likeness (QED) is 0.595. The number of rotatable bonds is 7. The summed E-state index contributed by atoms with van der Waals surface area (Å²) < 4.78 is 0. The maximum Gasteiger partial charge on any atom is 0.262 e. The highest BCUT2D eigenvalue weighted by molar-refractivity contribution is 7.12. The lowest BCUT2D eigenvalue weighted by atomic mass is 10.2. The topological polar surface area (TPSA) is 49.3 Å². The van der Waals surface area contributed by atoms with Gasteiger partial charge in [0.15, 0.2) is 0 Å². The molecule has 0 aliphatic carbocycles. The predicted molar refractivity (Wildman–Crippen MR) is 79.4 cm³/mol. The normalized spacial score (nSPS) is 9.79. The van der Waals surface area contributed by atoms with E-state index < -0.39 is 0 Å². The lowest BCUT2D eigenvalue weighted by Crippen LogP contribution is -2.24. The van der Waals surface area contributed by atoms with Crippen molar-refractivity contribution < 1.29 is 9.90 Å². The monoisotopic (exact) mass is 279 g/mol. The molecule has 3 nitrogen and oxygen atoms in total. The van der Waals surface area contributed by atoms with Gasteiger partial charge in [-0.15, -0.1) is 11.3 Å². The van der Waals surface area contributed by atoms with Crippen LogP contribution in [0.4, 0.5) is 0 Å². The molecule has 2 N–H and O–H groups in total. The summed E-state index contributed by atoms with van der Waals surface area (Å²) in [6.07, 6.45) is 5.03. The van der Waals surface area contributed by atoms with Crippen LogP contribution in [0.25, 0.3) is 0 Å². The first-order chi connectivity index (χ1) is 9.29. The van der Waals surface area contributed by atoms with E-state index in [9.17, 15) is 4.79 Å². The van der Waals surface area contributed by atoms with Gasteiger partial charge < -0.3 is 10.4 Å². The molecule has 0 saturated carbocycles. The molecule has 0 fully saturated rings. The molecule has 104 valence electrons. The van der Waals surface area contributed by atoms with E-state index in [1.807, 2.05) is 11.4 Å². The van der Waals surface area contributed by atoms with Gasteiger partial charge in [-0.3, -0.25) is 4.79 Å². The molecule has 0 saturated heterocycles. The molecule has 0 bridgehead atoms. The third-order valence-electron chi connectivity index (χ3n) is 2.65. The van der Waals surface area contributed by atoms with Crippen molar-refractivity contribution in [3.8, 4) is 11.8 Å². The van der Waals surface area contributed by atoms with Crippen LogP contribution in [0.5, 0.6) is 0 Å². The van der Waals surface area contributed by atoms with Crippen LogP contribution in [-0.2, 0) is 0 Å². The van der Waals surface area contributed by atoms with Gasteiger partial charge in [0.05, 0.1) is 6.61 Å². The van der Waals surface area contributed by atoms with Gasteiger partial charge in [-0.25, -0.2) is 0 Å². The van der Waals surface area contributed by atoms with E-state index in [2.05, 4.69) is 24.1 Å². The maximum atomic E-state index is 12.0. The summed E-state index contributed by atoms with van der Waals surface area (Å²) in [5.74, 6) is 5.73. The number of carbonyl (C=O) groups excluding carboxylic acids is 1. The zero-order valence-corrected chi connectivity index (χ0v) is 12.2. The first kappa shape index (κ1) is 15.7. The van der Waals surface area contributed by atoms with E-state index in [1.54, 1.807) is 0 Å². The van der Waals surface area contributed by atoms with E-state index in [4.69, 9.17) is 5.11 Å². The molecule has 1 rings (SSSR count). The fourth-order valence-corrected chi connectivity index (χ4v) is 2.40. The van der Waals surface area contributed by atoms with E-state index in [0.717, 1.165) is 24.9 Å². The number of aliphatic hydroxyl groups excluding tert-OH is 1. The highest BCUT2D eigenvalue weighted by atomic mass is 32.1. The number of amides is 1. The smallest absolute Gasteiger partial charge is 0.262 e. The Morgan fingerprint density at radius 3 is 3.00 bits per heavy atom. The van der Waals surface area contributed by atoms with Crippen molar-refractivity contribution in [2.45, 2.75) is 39.0 Å². The van der Waals surface area contributed by atoms with Crippen molar-refractivity contribution in [2.24, 2.45) is 0 Å². The van der Waals surface area contributed by atoms with Crippen molar-refractivity contribution in [3.05, 3.63) is 21.9 Å². The minimum atomic E-state index is -0.0419. The van der Waals surface area contributed by atoms with E-state index in [-0.39, 0.29) is 12.5 Å². The average Bonchev–Trinajstić information content (AvgIpc) is 2.87. The molecule has 0 aliphatic heterocycles. The van der Waals surface area contributed by atoms with Crippen molar-refractivity contribution in [1.82, 2.24) is 5.32 Å². The highest BCUT2D eigenvalue weighted by Gasteiger charge is 2.10. The molecule has 4 heteroatoms. The Balaban J connectivity index is 2.44. The lowest BCUT2D eigenvalue weighted by Gasteiger charge is -2.03. The number of thiophene rings is 1. The van der Waals surface area contributed by atoms with Gasteiger partial charge in [-0.1, -0.05) is 38.0 Å². The SMILES string of the molecule is CCCCCCNC(=O)c1sccc1C#CCCO. The number of unbranched alkanes of at least 4 members (excludes halogenated alkanes) is 3. The zero-order chi connectivity index (χ0) is 13.9. The molecule has 1 heterocycles. The molecule has 0 aromatic carbocycles. The largest absolute Gasteiger partial charge is 0.395 e. The van der Waals surface area contributed by atoms with Crippen LogP contribution >= 0.6 is 11.3 Å². The summed E-state index contributed by atoms with van der Waals surface area (Å²) in [4.78, 5) is 12.6. The summed E-state index contributed by atoms with van der Waals surface area (Å²) in [6, 6.07) is 1.85. The number of aliphatic hydroxyl groups is 1. The van der Waals surface area contributed by atoms with Crippen LogP contribution in [0.2, 0.25) is 0 Å². The van der Waals surface area contributed by atoms with Crippen molar-refractivity contribution in [1.29, 1.82) is 0 Å². The second-order valence-electron chi connectivity index (χ2n) is 4.26. The molecule has 1 aromatic heterocycles. The minimum Gasteiger partial charge on any atom is -0.395 e. The molecular formula is C15H21NO2S. The van der Waals surface area contributed by atoms with E-state index >= 15 is 0 Å². The fourth-order valence-electron chi connectivity index (χ4n) is 1.63. The first-order valence-corrected chi connectivity index (χ1v) is 7.63. The van der Waals surface area contributed by atoms with Crippen LogP contribution in [-0.4, -0.2) is 24.2 Å². The van der Waals surface area contributed by atoms with Gasteiger partial charge in [0.1, 0.15) is 4.88 Å². The molecule has 0 atom stereocenters. The Labute approximate surface area is 119 Å². The maximum absolute atomic E-state index is 12.0. The van der Waals surface area contributed by atoms with Gasteiger partial charge in [0.25, 0.3) is 5.91 Å². The first-order valence-electron chi connectivity index (χ1n) is 6.75. The number of hydrogen-bond acceptors (Lipinski definition) is 3. The van der Waals surface area contributed by atoms with Gasteiger partial charge in [0.2, 0.25) is 0 Å². The third-order valence-corrected chi connectivity index (χ3v) is 3.56. The summed E-state index contributed by atoms with van der Waals surface area (Å²) >= 11 is 1.41. The number of nitrogens with one attached hydrogen (secondary N) is 1. The molecule has 19 heavy (non-hydrogen) atoms. The van der Waals surface area contributed by atoms with Crippen molar-refractivity contribution in [3.63, 3.8) is 0 Å². The lowest BCUT2D eigenvalue weighted by molar-refractivity contribution is 0.0957. The zero-order valence-electron chi connectivity index (χ0n) is 11.4. The third kappa shape index (κ3) is 5.91. The van der Waals surface area contributed by atoms with Crippen LogP contribution in [0.15, 0.2) is 11.4 Å². The van der Waals surface area contributed by atoms with Crippen molar-refractivity contribution >= 4 is 17.2 Å². The predicted octanol–water partition coefficient (Wildman–Crippen LogP) is 2.79. The Hall–Kier alpha value is -1.31. The Kier molecular flexibility index (Phi) is 7.95. The Morgan fingerprint density at radius 1 is 1.42 bits per heavy atom. The van der Waals surface area contributed by atoms with Gasteiger partial charge in [0, 0.05) is 18.5 Å². The highest BCUT2D eigenvalue weighted by Crippen LogP contribution is 2.15. The summed E-state index contributed by atoms with van der Waals surface area (Å²) in [5.41, 5.74) is 0.754. The second-order valence-corrected chi connectivity index (χ2v) is 5.17. The Morgan fingerprint density at radius 2 is 2.26 bits per heavy atom. The molecular weight excluding hydrogens is 258 g/mol. The van der Waals surface area contributed by atoms with Crippen LogP contribution in [0.3, 0.4) is 0 Å². The number of hydrogen-bond donors (Lipinski definition) is 2. The molecule has 0 aliphatic rings. The Bertz CT molecular complexity index is 442. The molecule has 0 spiro atoms. The van der Waals surface area contributed by atoms with Gasteiger partial charge >= 0.3 is 0 Å². The molecule has 0 unspecified atom stereocenters. The standard InChI is InChI=1S/C15H21NO2S/c1-2-3-4-6-10-16-15(18)14-13(9-12-19-14)8-5-7-11-17/h9,12,17H,2-4,6-7,10-11H2,1H3,(H,16,18). The second kappa shape index (κ2) is 9.60. The van der Waals surface area contributed by atoms with Gasteiger partial charge in [-0.2, -0.15) is 0 Å². The van der Waals surface area contributed by atoms with Crippen LogP contribution in [0, 0.1) is 11.8 Å². The molecule has 1 amide bonds. The summed E-state index contributed by atoms with van der Waals surface area (Å²) in [6.45, 7) is 2.94. The fraction of sp³-hybridized carbons (Fsp3) is 0.533. The summed E-state index contributed by atoms with van der Waals surface area (Å²) in [5, 5.41) is 13.5. The molecule has 0 radical (unpaired) electrons.